The van der Waals surface area contributed by atoms with Gasteiger partial charge in [0.05, 0.1) is 12.5 Å². The molecule has 0 spiro atoms. The van der Waals surface area contributed by atoms with Gasteiger partial charge in [-0.3, -0.25) is 0 Å². The summed E-state index contributed by atoms with van der Waals surface area (Å²) in [5.41, 5.74) is 1.71. The van der Waals surface area contributed by atoms with Crippen LogP contribution < -0.4 is 0 Å². The molecule has 84 valence electrons. The fourth-order valence-electron chi connectivity index (χ4n) is 1.44. The van der Waals surface area contributed by atoms with Crippen molar-refractivity contribution in [1.82, 2.24) is 0 Å². The first-order valence-corrected chi connectivity index (χ1v) is 5.68. The molecular formula is C12H9BrF2O. The Morgan fingerprint density at radius 1 is 1.19 bits per heavy atom. The Labute approximate surface area is 100 Å². The molecule has 0 fully saturated rings. The molecule has 1 heterocycles. The molecule has 0 aliphatic carbocycles. The van der Waals surface area contributed by atoms with Crippen LogP contribution >= 0.6 is 15.9 Å². The molecule has 1 nitrogen and oxygen atoms in total. The molecule has 0 aliphatic rings. The Bertz CT molecular complexity index is 468. The minimum atomic E-state index is -0.821. The van der Waals surface area contributed by atoms with E-state index in [1.54, 1.807) is 18.6 Å². The van der Waals surface area contributed by atoms with E-state index in [1.165, 1.54) is 6.07 Å². The van der Waals surface area contributed by atoms with Crippen molar-refractivity contribution in [1.29, 1.82) is 0 Å². The van der Waals surface area contributed by atoms with Crippen molar-refractivity contribution in [2.45, 2.75) is 11.2 Å². The molecule has 0 aliphatic heterocycles. The Morgan fingerprint density at radius 2 is 2.00 bits per heavy atom. The lowest BCUT2D eigenvalue weighted by atomic mass is 10.1. The molecule has 1 unspecified atom stereocenters. The Hall–Kier alpha value is -1.16. The van der Waals surface area contributed by atoms with Crippen LogP contribution in [0.5, 0.6) is 0 Å². The summed E-state index contributed by atoms with van der Waals surface area (Å²) in [6.07, 6.45) is 3.78. The zero-order chi connectivity index (χ0) is 11.5. The first-order valence-electron chi connectivity index (χ1n) is 4.77. The third-order valence-corrected chi connectivity index (χ3v) is 3.16. The van der Waals surface area contributed by atoms with Crippen LogP contribution in [0.1, 0.15) is 16.0 Å². The van der Waals surface area contributed by atoms with Gasteiger partial charge in [0.2, 0.25) is 0 Å². The van der Waals surface area contributed by atoms with Crippen LogP contribution in [0.15, 0.2) is 41.2 Å². The van der Waals surface area contributed by atoms with Crippen LogP contribution in [0.3, 0.4) is 0 Å². The van der Waals surface area contributed by atoms with Crippen LogP contribution in [0.4, 0.5) is 8.78 Å². The molecule has 0 saturated carbocycles. The second kappa shape index (κ2) is 4.78. The van der Waals surface area contributed by atoms with Crippen LogP contribution in [-0.4, -0.2) is 0 Å². The monoisotopic (exact) mass is 286 g/mol. The lowest BCUT2D eigenvalue weighted by Crippen LogP contribution is -1.95. The molecule has 16 heavy (non-hydrogen) atoms. The van der Waals surface area contributed by atoms with Gasteiger partial charge in [0, 0.05) is 10.4 Å². The first-order chi connectivity index (χ1) is 7.66. The number of furan rings is 1. The van der Waals surface area contributed by atoms with Gasteiger partial charge < -0.3 is 4.42 Å². The van der Waals surface area contributed by atoms with Gasteiger partial charge in [0.1, 0.15) is 0 Å². The topological polar surface area (TPSA) is 13.1 Å². The summed E-state index contributed by atoms with van der Waals surface area (Å²) in [5, 5.41) is 0. The Morgan fingerprint density at radius 3 is 2.62 bits per heavy atom. The van der Waals surface area contributed by atoms with Gasteiger partial charge in [-0.05, 0) is 30.2 Å². The second-order valence-corrected chi connectivity index (χ2v) is 4.58. The minimum absolute atomic E-state index is 0.0381. The summed E-state index contributed by atoms with van der Waals surface area (Å²) in [6, 6.07) is 5.76. The smallest absolute Gasteiger partial charge is 0.159 e. The van der Waals surface area contributed by atoms with E-state index in [-0.39, 0.29) is 4.83 Å². The number of alkyl halides is 1. The highest BCUT2D eigenvalue weighted by Crippen LogP contribution is 2.27. The standard InChI is InChI=1S/C12H9BrF2O/c13-10(9-3-4-16-7-9)5-8-1-2-11(14)12(15)6-8/h1-4,6-7,10H,5H2. The van der Waals surface area contributed by atoms with E-state index in [9.17, 15) is 8.78 Å². The summed E-state index contributed by atoms with van der Waals surface area (Å²) in [7, 11) is 0. The van der Waals surface area contributed by atoms with Crippen molar-refractivity contribution in [2.75, 3.05) is 0 Å². The number of rotatable bonds is 3. The highest BCUT2D eigenvalue weighted by molar-refractivity contribution is 9.09. The largest absolute Gasteiger partial charge is 0.472 e. The average Bonchev–Trinajstić information content (AvgIpc) is 2.77. The van der Waals surface area contributed by atoms with Gasteiger partial charge in [0.25, 0.3) is 0 Å². The maximum Gasteiger partial charge on any atom is 0.159 e. The molecule has 0 bridgehead atoms. The van der Waals surface area contributed by atoms with Gasteiger partial charge in [-0.1, -0.05) is 22.0 Å². The highest BCUT2D eigenvalue weighted by atomic mass is 79.9. The SMILES string of the molecule is Fc1ccc(CC(Br)c2ccoc2)cc1F. The summed E-state index contributed by atoms with van der Waals surface area (Å²) >= 11 is 3.47. The van der Waals surface area contributed by atoms with Crippen molar-refractivity contribution in [3.05, 3.63) is 59.6 Å². The second-order valence-electron chi connectivity index (χ2n) is 3.48. The number of benzene rings is 1. The predicted octanol–water partition coefficient (Wildman–Crippen LogP) is 4.24. The maximum absolute atomic E-state index is 13.0. The summed E-state index contributed by atoms with van der Waals surface area (Å²) in [5.74, 6) is -1.64. The maximum atomic E-state index is 13.0. The van der Waals surface area contributed by atoms with E-state index in [2.05, 4.69) is 15.9 Å². The van der Waals surface area contributed by atoms with E-state index in [1.807, 2.05) is 6.07 Å². The summed E-state index contributed by atoms with van der Waals surface area (Å²) < 4.78 is 30.6. The molecule has 1 aromatic heterocycles. The molecule has 1 atom stereocenters. The number of hydrogen-bond donors (Lipinski definition) is 0. The molecule has 4 heteroatoms. The molecule has 2 aromatic rings. The average molecular weight is 287 g/mol. The highest BCUT2D eigenvalue weighted by Gasteiger charge is 2.11. The molecule has 0 radical (unpaired) electrons. The van der Waals surface area contributed by atoms with Gasteiger partial charge in [0.15, 0.2) is 11.6 Å². The van der Waals surface area contributed by atoms with Crippen LogP contribution in [0.2, 0.25) is 0 Å². The number of hydrogen-bond acceptors (Lipinski definition) is 1. The van der Waals surface area contributed by atoms with Crippen molar-refractivity contribution >= 4 is 15.9 Å². The van der Waals surface area contributed by atoms with E-state index in [4.69, 9.17) is 4.42 Å². The summed E-state index contributed by atoms with van der Waals surface area (Å²) in [6.45, 7) is 0. The van der Waals surface area contributed by atoms with Crippen LogP contribution in [-0.2, 0) is 6.42 Å². The van der Waals surface area contributed by atoms with Crippen molar-refractivity contribution in [3.8, 4) is 0 Å². The third kappa shape index (κ3) is 2.50. The predicted molar refractivity (Wildman–Crippen MR) is 60.4 cm³/mol. The normalized spacial score (nSPS) is 12.7. The van der Waals surface area contributed by atoms with E-state index in [0.717, 1.165) is 17.2 Å². The van der Waals surface area contributed by atoms with Gasteiger partial charge in [-0.25, -0.2) is 8.78 Å². The van der Waals surface area contributed by atoms with Gasteiger partial charge >= 0.3 is 0 Å². The van der Waals surface area contributed by atoms with Crippen molar-refractivity contribution in [2.24, 2.45) is 0 Å². The molecule has 0 N–H and O–H groups in total. The quantitative estimate of drug-likeness (QED) is 0.770. The lowest BCUT2D eigenvalue weighted by Gasteiger charge is -2.07. The Balaban J connectivity index is 2.12. The molecular weight excluding hydrogens is 278 g/mol. The van der Waals surface area contributed by atoms with E-state index < -0.39 is 11.6 Å². The lowest BCUT2D eigenvalue weighted by molar-refractivity contribution is 0.507. The fourth-order valence-corrected chi connectivity index (χ4v) is 2.08. The Kier molecular flexibility index (Phi) is 3.39. The number of halogens is 3. The zero-order valence-electron chi connectivity index (χ0n) is 8.29. The van der Waals surface area contributed by atoms with Crippen molar-refractivity contribution < 1.29 is 13.2 Å². The van der Waals surface area contributed by atoms with Crippen molar-refractivity contribution in [3.63, 3.8) is 0 Å². The van der Waals surface area contributed by atoms with E-state index in [0.29, 0.717) is 6.42 Å². The van der Waals surface area contributed by atoms with Gasteiger partial charge in [-0.2, -0.15) is 0 Å². The molecule has 0 saturated heterocycles. The van der Waals surface area contributed by atoms with E-state index >= 15 is 0 Å². The molecule has 1 aromatic carbocycles. The van der Waals surface area contributed by atoms with Crippen LogP contribution in [0, 0.1) is 11.6 Å². The summed E-state index contributed by atoms with van der Waals surface area (Å²) in [4.78, 5) is 0.0381. The van der Waals surface area contributed by atoms with Gasteiger partial charge in [-0.15, -0.1) is 0 Å². The molecule has 2 rings (SSSR count). The minimum Gasteiger partial charge on any atom is -0.472 e. The zero-order valence-corrected chi connectivity index (χ0v) is 9.88. The van der Waals surface area contributed by atoms with Crippen LogP contribution in [0.25, 0.3) is 0 Å². The first kappa shape index (κ1) is 11.3. The third-order valence-electron chi connectivity index (χ3n) is 2.30. The molecule has 0 amide bonds. The fraction of sp³-hybridized carbons (Fsp3) is 0.167.